The molecule has 3 rings (SSSR count). The van der Waals surface area contributed by atoms with Crippen LogP contribution in [0, 0.1) is 0 Å². The Morgan fingerprint density at radius 1 is 1.12 bits per heavy atom. The number of rotatable bonds is 4. The van der Waals surface area contributed by atoms with Crippen LogP contribution in [0.4, 0.5) is 0 Å². The van der Waals surface area contributed by atoms with Crippen molar-refractivity contribution in [3.05, 3.63) is 65.7 Å². The molecule has 0 unspecified atom stereocenters. The minimum Gasteiger partial charge on any atom is -0.433 e. The molecule has 0 atom stereocenters. The molecule has 1 aliphatic rings. The van der Waals surface area contributed by atoms with E-state index in [4.69, 9.17) is 9.57 Å². The maximum absolute atomic E-state index is 11.4. The molecule has 0 bridgehead atoms. The van der Waals surface area contributed by atoms with Crippen molar-refractivity contribution in [2.45, 2.75) is 0 Å². The van der Waals surface area contributed by atoms with Crippen LogP contribution in [0.5, 0.6) is 5.75 Å². The molecule has 0 saturated heterocycles. The highest BCUT2D eigenvalue weighted by atomic mass is 32.3. The lowest BCUT2D eigenvalue weighted by molar-refractivity contribution is 0.214. The molecule has 1 aliphatic heterocycles. The van der Waals surface area contributed by atoms with E-state index in [-0.39, 0.29) is 10.3 Å². The number of oxime groups is 1. The molecular formula is C16H14N2O4S2. The minimum atomic E-state index is -3.41. The van der Waals surface area contributed by atoms with Crippen molar-refractivity contribution in [1.82, 2.24) is 0 Å². The fourth-order valence-electron chi connectivity index (χ4n) is 2.11. The molecule has 124 valence electrons. The largest absolute Gasteiger partial charge is 0.433 e. The Kier molecular flexibility index (Phi) is 4.86. The summed E-state index contributed by atoms with van der Waals surface area (Å²) in [5, 5.41) is 4.12. The van der Waals surface area contributed by atoms with Gasteiger partial charge in [0.25, 0.3) is 15.3 Å². The van der Waals surface area contributed by atoms with Gasteiger partial charge in [0.2, 0.25) is 0 Å². The highest BCUT2D eigenvalue weighted by Crippen LogP contribution is 2.24. The fraction of sp³-hybridized carbons (Fsp3) is 0.125. The monoisotopic (exact) mass is 362 g/mol. The van der Waals surface area contributed by atoms with Crippen molar-refractivity contribution in [3.63, 3.8) is 0 Å². The van der Waals surface area contributed by atoms with Gasteiger partial charge in [-0.2, -0.15) is 0 Å². The van der Waals surface area contributed by atoms with Crippen molar-refractivity contribution in [2.75, 3.05) is 12.2 Å². The lowest BCUT2D eigenvalue weighted by Crippen LogP contribution is -2.06. The summed E-state index contributed by atoms with van der Waals surface area (Å²) in [6.45, 7) is 0. The van der Waals surface area contributed by atoms with Gasteiger partial charge in [-0.1, -0.05) is 47.6 Å². The first-order valence-electron chi connectivity index (χ1n) is 6.98. The molecule has 1 heterocycles. The third kappa shape index (κ3) is 3.95. The van der Waals surface area contributed by atoms with Crippen LogP contribution in [0.2, 0.25) is 0 Å². The molecule has 0 N–H and O–H groups in total. The van der Waals surface area contributed by atoms with Gasteiger partial charge in [0.05, 0.1) is 0 Å². The number of hydrogen-bond donors (Lipinski definition) is 0. The summed E-state index contributed by atoms with van der Waals surface area (Å²) >= 11 is 1.05. The zero-order valence-electron chi connectivity index (χ0n) is 12.7. The van der Waals surface area contributed by atoms with Crippen molar-refractivity contribution in [2.24, 2.45) is 9.55 Å². The molecule has 0 aromatic heterocycles. The molecule has 0 saturated carbocycles. The number of benzene rings is 2. The Hall–Kier alpha value is -2.32. The highest BCUT2D eigenvalue weighted by molar-refractivity contribution is 8.24. The summed E-state index contributed by atoms with van der Waals surface area (Å²) in [6.07, 6.45) is 0. The van der Waals surface area contributed by atoms with Crippen LogP contribution in [0.15, 0.2) is 64.2 Å². The van der Waals surface area contributed by atoms with Crippen molar-refractivity contribution in [3.8, 4) is 5.75 Å². The van der Waals surface area contributed by atoms with E-state index in [1.54, 1.807) is 18.2 Å². The van der Waals surface area contributed by atoms with Gasteiger partial charge < -0.3 is 9.57 Å². The summed E-state index contributed by atoms with van der Waals surface area (Å²) in [5.41, 5.74) is 2.33. The first kappa shape index (κ1) is 16.5. The molecule has 0 spiro atoms. The zero-order chi connectivity index (χ0) is 17.0. The topological polar surface area (TPSA) is 77.3 Å². The van der Waals surface area contributed by atoms with E-state index < -0.39 is 10.0 Å². The number of sulfonamides is 1. The van der Waals surface area contributed by atoms with E-state index in [0.29, 0.717) is 11.5 Å². The van der Waals surface area contributed by atoms with Gasteiger partial charge in [-0.05, 0) is 23.9 Å². The van der Waals surface area contributed by atoms with Crippen molar-refractivity contribution in [1.29, 1.82) is 0 Å². The average molecular weight is 362 g/mol. The molecule has 6 nitrogen and oxygen atoms in total. The lowest BCUT2D eigenvalue weighted by Gasteiger charge is -2.09. The summed E-state index contributed by atoms with van der Waals surface area (Å²) in [5.74, 6) is 0.482. The van der Waals surface area contributed by atoms with E-state index in [9.17, 15) is 8.42 Å². The Bertz CT molecular complexity index is 893. The third-order valence-corrected chi connectivity index (χ3v) is 5.73. The molecule has 24 heavy (non-hydrogen) atoms. The Labute approximate surface area is 144 Å². The maximum Gasteiger partial charge on any atom is 0.268 e. The molecule has 0 radical (unpaired) electrons. The summed E-state index contributed by atoms with van der Waals surface area (Å²) in [7, 11) is -1.93. The Balaban J connectivity index is 1.91. The lowest BCUT2D eigenvalue weighted by atomic mass is 10.0. The zero-order valence-corrected chi connectivity index (χ0v) is 14.4. The maximum atomic E-state index is 11.4. The van der Waals surface area contributed by atoms with Crippen LogP contribution < -0.4 is 4.74 Å². The second-order valence-electron chi connectivity index (χ2n) is 4.82. The summed E-state index contributed by atoms with van der Waals surface area (Å²) < 4.78 is 31.8. The molecule has 2 aromatic carbocycles. The molecule has 0 amide bonds. The van der Waals surface area contributed by atoms with E-state index in [2.05, 4.69) is 9.55 Å². The van der Waals surface area contributed by atoms with Gasteiger partial charge >= 0.3 is 0 Å². The SMILES string of the molecule is CO/N=C(/c1ccccc1)c1cccc(OC2=NS(=O)(=O)CS2)c1. The number of thioether (sulfide) groups is 1. The van der Waals surface area contributed by atoms with Gasteiger partial charge in [-0.3, -0.25) is 0 Å². The second-order valence-corrected chi connectivity index (χ2v) is 7.75. The predicted octanol–water partition coefficient (Wildman–Crippen LogP) is 2.85. The van der Waals surface area contributed by atoms with Crippen LogP contribution in [0.3, 0.4) is 0 Å². The standard InChI is InChI=1S/C16H14N2O4S2/c1-21-17-15(12-6-3-2-4-7-12)13-8-5-9-14(10-13)22-16-18-24(19,20)11-23-16/h2-10H,11H2,1H3/b17-15-. The Morgan fingerprint density at radius 3 is 2.54 bits per heavy atom. The van der Waals surface area contributed by atoms with Crippen LogP contribution in [0.1, 0.15) is 11.1 Å². The van der Waals surface area contributed by atoms with E-state index in [0.717, 1.165) is 22.9 Å². The first-order chi connectivity index (χ1) is 11.6. The van der Waals surface area contributed by atoms with Crippen molar-refractivity contribution < 1.29 is 18.0 Å². The van der Waals surface area contributed by atoms with Crippen molar-refractivity contribution >= 4 is 32.7 Å². The van der Waals surface area contributed by atoms with Crippen LogP contribution in [-0.4, -0.2) is 31.6 Å². The van der Waals surface area contributed by atoms with Crippen LogP contribution in [0.25, 0.3) is 0 Å². The molecule has 0 fully saturated rings. The van der Waals surface area contributed by atoms with E-state index in [1.165, 1.54) is 7.11 Å². The molecule has 8 heteroatoms. The van der Waals surface area contributed by atoms with Gasteiger partial charge in [-0.15, -0.1) is 4.40 Å². The molecular weight excluding hydrogens is 348 g/mol. The smallest absolute Gasteiger partial charge is 0.268 e. The fourth-order valence-corrected chi connectivity index (χ4v) is 4.29. The predicted molar refractivity (Wildman–Crippen MR) is 95.0 cm³/mol. The second kappa shape index (κ2) is 7.06. The average Bonchev–Trinajstić information content (AvgIpc) is 2.92. The highest BCUT2D eigenvalue weighted by Gasteiger charge is 2.23. The minimum absolute atomic E-state index is 0.0948. The van der Waals surface area contributed by atoms with E-state index in [1.807, 2.05) is 36.4 Å². The van der Waals surface area contributed by atoms with Crippen LogP contribution >= 0.6 is 11.8 Å². The molecule has 0 aliphatic carbocycles. The third-order valence-electron chi connectivity index (χ3n) is 3.09. The normalized spacial score (nSPS) is 16.5. The summed E-state index contributed by atoms with van der Waals surface area (Å²) in [6, 6.07) is 16.8. The Morgan fingerprint density at radius 2 is 1.88 bits per heavy atom. The molecule has 2 aromatic rings. The summed E-state index contributed by atoms with van der Waals surface area (Å²) in [4.78, 5) is 4.95. The number of hydrogen-bond acceptors (Lipinski definition) is 6. The van der Waals surface area contributed by atoms with Gasteiger partial charge in [0.1, 0.15) is 23.7 Å². The number of ether oxygens (including phenoxy) is 1. The van der Waals surface area contributed by atoms with E-state index >= 15 is 0 Å². The number of nitrogens with zero attached hydrogens (tertiary/aromatic N) is 2. The van der Waals surface area contributed by atoms with Crippen LogP contribution in [-0.2, 0) is 14.9 Å². The van der Waals surface area contributed by atoms with Gasteiger partial charge in [-0.25, -0.2) is 8.42 Å². The van der Waals surface area contributed by atoms with Gasteiger partial charge in [0.15, 0.2) is 0 Å². The quantitative estimate of drug-likeness (QED) is 0.617. The first-order valence-corrected chi connectivity index (χ1v) is 9.57. The van der Waals surface area contributed by atoms with Gasteiger partial charge in [0, 0.05) is 11.1 Å².